The van der Waals surface area contributed by atoms with Gasteiger partial charge in [-0.25, -0.2) is 0 Å². The summed E-state index contributed by atoms with van der Waals surface area (Å²) >= 11 is 0. The minimum absolute atomic E-state index is 0.881. The summed E-state index contributed by atoms with van der Waals surface area (Å²) in [5.74, 6) is 0. The molecule has 19 heavy (non-hydrogen) atoms. The summed E-state index contributed by atoms with van der Waals surface area (Å²) < 4.78 is 0.881. The standard InChI is InChI=1S/C18H24N/c1-5-16-8-10-17(11-9-16)14-19(3,4)18-12-6-15(2)7-13-18/h6-13H,5,14H2,1-4H3/q+1. The van der Waals surface area contributed by atoms with Crippen molar-refractivity contribution in [2.75, 3.05) is 14.1 Å². The van der Waals surface area contributed by atoms with Crippen molar-refractivity contribution in [1.29, 1.82) is 0 Å². The Bertz CT molecular complexity index is 521. The molecule has 0 spiro atoms. The molecule has 0 bridgehead atoms. The van der Waals surface area contributed by atoms with E-state index < -0.39 is 0 Å². The molecule has 0 aliphatic carbocycles. The SMILES string of the molecule is CCc1ccc(C[N+](C)(C)c2ccc(C)cc2)cc1. The summed E-state index contributed by atoms with van der Waals surface area (Å²) in [4.78, 5) is 0. The molecule has 0 amide bonds. The van der Waals surface area contributed by atoms with E-state index in [1.54, 1.807) is 0 Å². The molecule has 2 aromatic carbocycles. The zero-order chi connectivity index (χ0) is 13.9. The molecule has 1 nitrogen and oxygen atoms in total. The molecule has 0 atom stereocenters. The Hall–Kier alpha value is -1.60. The maximum atomic E-state index is 2.26. The van der Waals surface area contributed by atoms with Crippen molar-refractivity contribution in [1.82, 2.24) is 4.48 Å². The number of hydrogen-bond acceptors (Lipinski definition) is 0. The molecule has 0 N–H and O–H groups in total. The molecule has 100 valence electrons. The van der Waals surface area contributed by atoms with E-state index >= 15 is 0 Å². The van der Waals surface area contributed by atoms with E-state index in [2.05, 4.69) is 76.5 Å². The second-order valence-electron chi connectivity index (χ2n) is 5.85. The first-order valence-electron chi connectivity index (χ1n) is 6.99. The fourth-order valence-corrected chi connectivity index (χ4v) is 2.38. The summed E-state index contributed by atoms with van der Waals surface area (Å²) in [6.45, 7) is 5.35. The number of nitrogens with zero attached hydrogens (tertiary/aromatic N) is 1. The lowest BCUT2D eigenvalue weighted by Gasteiger charge is -2.29. The van der Waals surface area contributed by atoms with Gasteiger partial charge in [0.25, 0.3) is 0 Å². The Morgan fingerprint density at radius 2 is 1.32 bits per heavy atom. The van der Waals surface area contributed by atoms with Gasteiger partial charge >= 0.3 is 0 Å². The van der Waals surface area contributed by atoms with Crippen molar-refractivity contribution in [2.24, 2.45) is 0 Å². The van der Waals surface area contributed by atoms with E-state index in [0.29, 0.717) is 0 Å². The number of rotatable bonds is 4. The van der Waals surface area contributed by atoms with Crippen LogP contribution in [0.2, 0.25) is 0 Å². The quantitative estimate of drug-likeness (QED) is 0.713. The maximum absolute atomic E-state index is 2.26. The van der Waals surface area contributed by atoms with Crippen LogP contribution in [-0.2, 0) is 13.0 Å². The molecular formula is C18H24N+. The highest BCUT2D eigenvalue weighted by Crippen LogP contribution is 2.22. The fraction of sp³-hybridized carbons (Fsp3) is 0.333. The van der Waals surface area contributed by atoms with E-state index in [-0.39, 0.29) is 0 Å². The smallest absolute Gasteiger partial charge is 0.132 e. The highest BCUT2D eigenvalue weighted by molar-refractivity contribution is 5.43. The van der Waals surface area contributed by atoms with Crippen molar-refractivity contribution in [2.45, 2.75) is 26.8 Å². The number of benzene rings is 2. The first kappa shape index (κ1) is 13.8. The van der Waals surface area contributed by atoms with Crippen LogP contribution in [0.3, 0.4) is 0 Å². The van der Waals surface area contributed by atoms with Crippen molar-refractivity contribution in [3.63, 3.8) is 0 Å². The molecule has 0 saturated carbocycles. The van der Waals surface area contributed by atoms with Crippen LogP contribution in [-0.4, -0.2) is 14.1 Å². The normalized spacial score (nSPS) is 11.6. The Kier molecular flexibility index (Phi) is 4.06. The molecule has 0 fully saturated rings. The van der Waals surface area contributed by atoms with Crippen LogP contribution in [0, 0.1) is 6.92 Å². The van der Waals surface area contributed by atoms with Crippen LogP contribution in [0.4, 0.5) is 5.69 Å². The van der Waals surface area contributed by atoms with Gasteiger partial charge in [-0.05, 0) is 31.0 Å². The van der Waals surface area contributed by atoms with Crippen LogP contribution in [0.15, 0.2) is 48.5 Å². The second-order valence-corrected chi connectivity index (χ2v) is 5.85. The van der Waals surface area contributed by atoms with E-state index in [1.807, 2.05) is 0 Å². The highest BCUT2D eigenvalue weighted by atomic mass is 15.3. The van der Waals surface area contributed by atoms with Gasteiger partial charge in [0.15, 0.2) is 0 Å². The Balaban J connectivity index is 2.17. The van der Waals surface area contributed by atoms with Gasteiger partial charge in [-0.1, -0.05) is 48.9 Å². The molecule has 0 radical (unpaired) electrons. The highest BCUT2D eigenvalue weighted by Gasteiger charge is 2.19. The summed E-state index contributed by atoms with van der Waals surface area (Å²) in [5.41, 5.74) is 5.47. The average molecular weight is 254 g/mol. The zero-order valence-electron chi connectivity index (χ0n) is 12.5. The molecule has 1 heteroatoms. The molecule has 0 heterocycles. The van der Waals surface area contributed by atoms with E-state index in [0.717, 1.165) is 17.4 Å². The summed E-state index contributed by atoms with van der Waals surface area (Å²) in [7, 11) is 4.52. The summed E-state index contributed by atoms with van der Waals surface area (Å²) in [6.07, 6.45) is 1.11. The first-order chi connectivity index (χ1) is 9.01. The lowest BCUT2D eigenvalue weighted by Crippen LogP contribution is -2.39. The third kappa shape index (κ3) is 3.45. The van der Waals surface area contributed by atoms with Gasteiger partial charge in [-0.3, -0.25) is 4.48 Å². The van der Waals surface area contributed by atoms with Crippen molar-refractivity contribution < 1.29 is 0 Å². The van der Waals surface area contributed by atoms with Crippen LogP contribution in [0.25, 0.3) is 0 Å². The molecule has 2 aromatic rings. The largest absolute Gasteiger partial charge is 0.292 e. The van der Waals surface area contributed by atoms with Gasteiger partial charge in [0, 0.05) is 5.56 Å². The van der Waals surface area contributed by atoms with Crippen LogP contribution in [0.1, 0.15) is 23.6 Å². The molecule has 0 aliphatic rings. The van der Waals surface area contributed by atoms with Gasteiger partial charge in [0.2, 0.25) is 0 Å². The monoisotopic (exact) mass is 254 g/mol. The minimum Gasteiger partial charge on any atom is -0.292 e. The predicted molar refractivity (Wildman–Crippen MR) is 84.3 cm³/mol. The van der Waals surface area contributed by atoms with Gasteiger partial charge < -0.3 is 0 Å². The minimum atomic E-state index is 0.881. The van der Waals surface area contributed by atoms with E-state index in [4.69, 9.17) is 0 Å². The third-order valence-corrected chi connectivity index (χ3v) is 3.74. The van der Waals surface area contributed by atoms with Crippen molar-refractivity contribution >= 4 is 5.69 Å². The zero-order valence-corrected chi connectivity index (χ0v) is 12.5. The topological polar surface area (TPSA) is 0 Å². The molecule has 0 unspecified atom stereocenters. The van der Waals surface area contributed by atoms with Crippen molar-refractivity contribution in [3.05, 3.63) is 65.2 Å². The van der Waals surface area contributed by atoms with Crippen LogP contribution >= 0.6 is 0 Å². The van der Waals surface area contributed by atoms with Gasteiger partial charge in [-0.15, -0.1) is 0 Å². The predicted octanol–water partition coefficient (Wildman–Crippen LogP) is 4.32. The van der Waals surface area contributed by atoms with Gasteiger partial charge in [0.05, 0.1) is 14.1 Å². The first-order valence-corrected chi connectivity index (χ1v) is 6.99. The Labute approximate surface area is 117 Å². The maximum Gasteiger partial charge on any atom is 0.132 e. The Morgan fingerprint density at radius 3 is 1.84 bits per heavy atom. The van der Waals surface area contributed by atoms with E-state index in [9.17, 15) is 0 Å². The van der Waals surface area contributed by atoms with Crippen molar-refractivity contribution in [3.8, 4) is 0 Å². The third-order valence-electron chi connectivity index (χ3n) is 3.74. The van der Waals surface area contributed by atoms with Gasteiger partial charge in [-0.2, -0.15) is 0 Å². The summed E-state index contributed by atoms with van der Waals surface area (Å²) in [6, 6.07) is 17.8. The van der Waals surface area contributed by atoms with Crippen LogP contribution in [0.5, 0.6) is 0 Å². The molecule has 0 aliphatic heterocycles. The Morgan fingerprint density at radius 1 is 0.789 bits per heavy atom. The van der Waals surface area contributed by atoms with E-state index in [1.165, 1.54) is 22.4 Å². The van der Waals surface area contributed by atoms with Crippen LogP contribution < -0.4 is 4.48 Å². The molecular weight excluding hydrogens is 230 g/mol. The molecule has 0 aromatic heterocycles. The fourth-order valence-electron chi connectivity index (χ4n) is 2.38. The molecule has 0 saturated heterocycles. The average Bonchev–Trinajstić information content (AvgIpc) is 2.40. The number of hydrogen-bond donors (Lipinski definition) is 0. The number of quaternary nitrogens is 1. The van der Waals surface area contributed by atoms with Gasteiger partial charge in [0.1, 0.15) is 12.2 Å². The second kappa shape index (κ2) is 5.58. The number of aryl methyl sites for hydroxylation is 2. The lowest BCUT2D eigenvalue weighted by molar-refractivity contribution is 0.392. The lowest BCUT2D eigenvalue weighted by atomic mass is 10.1. The molecule has 2 rings (SSSR count). The summed E-state index contributed by atoms with van der Waals surface area (Å²) in [5, 5.41) is 0.